The number of aromatic amines is 1. The standard InChI is InChI=1S/C25H32N4O9S2/c1-35-20-14-19-21(23(37-3)22(20)36-2)24(30)27-25(26-19)28-11-9-18(10-12-28)38-15-16-7-6-8-17(13-16)29(39(4,31)32)40(5,33)34/h6-8,13-14,18H,9-12,15H2,1-5H3,(H,26,27,30). The maximum absolute atomic E-state index is 13.0. The SMILES string of the molecule is COc1cc2nc(N3CCC(OCc4cccc(N(S(C)(=O)=O)S(C)(=O)=O)c4)CC3)[nH]c(=O)c2c(OC)c1OC. The average molecular weight is 597 g/mol. The second-order valence-electron chi connectivity index (χ2n) is 9.32. The van der Waals surface area contributed by atoms with Crippen molar-refractivity contribution in [1.82, 2.24) is 9.97 Å². The van der Waals surface area contributed by atoms with E-state index in [0.717, 1.165) is 12.5 Å². The first-order chi connectivity index (χ1) is 18.9. The van der Waals surface area contributed by atoms with Gasteiger partial charge < -0.3 is 23.8 Å². The van der Waals surface area contributed by atoms with Gasteiger partial charge in [0.1, 0.15) is 5.39 Å². The smallest absolute Gasteiger partial charge is 0.264 e. The van der Waals surface area contributed by atoms with E-state index in [2.05, 4.69) is 9.97 Å². The number of aromatic nitrogens is 2. The normalized spacial score (nSPS) is 14.8. The second kappa shape index (κ2) is 11.5. The van der Waals surface area contributed by atoms with Crippen LogP contribution in [0, 0.1) is 0 Å². The Balaban J connectivity index is 1.46. The molecule has 2 aromatic carbocycles. The molecule has 1 N–H and O–H groups in total. The fourth-order valence-electron chi connectivity index (χ4n) is 4.74. The van der Waals surface area contributed by atoms with Crippen molar-refractivity contribution in [1.29, 1.82) is 0 Å². The van der Waals surface area contributed by atoms with Gasteiger partial charge in [-0.2, -0.15) is 3.71 Å². The molecule has 13 nitrogen and oxygen atoms in total. The monoisotopic (exact) mass is 596 g/mol. The van der Waals surface area contributed by atoms with Gasteiger partial charge >= 0.3 is 0 Å². The summed E-state index contributed by atoms with van der Waals surface area (Å²) in [7, 11) is -3.68. The van der Waals surface area contributed by atoms with Crippen LogP contribution in [-0.4, -0.2) is 79.8 Å². The topological polar surface area (TPSA) is 157 Å². The number of hydrogen-bond donors (Lipinski definition) is 1. The van der Waals surface area contributed by atoms with Gasteiger partial charge in [0.2, 0.25) is 31.7 Å². The first-order valence-electron chi connectivity index (χ1n) is 12.3. The van der Waals surface area contributed by atoms with E-state index in [9.17, 15) is 21.6 Å². The largest absolute Gasteiger partial charge is 0.493 e. The summed E-state index contributed by atoms with van der Waals surface area (Å²) in [6.07, 6.45) is 2.88. The van der Waals surface area contributed by atoms with Crippen molar-refractivity contribution < 1.29 is 35.8 Å². The number of sulfonamides is 2. The highest BCUT2D eigenvalue weighted by Crippen LogP contribution is 2.41. The number of fused-ring (bicyclic) bond motifs is 1. The zero-order valence-corrected chi connectivity index (χ0v) is 24.5. The van der Waals surface area contributed by atoms with Gasteiger partial charge in [-0.25, -0.2) is 21.8 Å². The van der Waals surface area contributed by atoms with Gasteiger partial charge in [0.25, 0.3) is 5.56 Å². The molecule has 1 aromatic heterocycles. The highest BCUT2D eigenvalue weighted by atomic mass is 32.3. The molecule has 1 aliphatic heterocycles. The molecule has 0 unspecified atom stereocenters. The lowest BCUT2D eigenvalue weighted by atomic mass is 10.1. The zero-order chi connectivity index (χ0) is 29.2. The third-order valence-electron chi connectivity index (χ3n) is 6.44. The summed E-state index contributed by atoms with van der Waals surface area (Å²) < 4.78 is 71.0. The highest BCUT2D eigenvalue weighted by Gasteiger charge is 2.28. The number of nitrogens with one attached hydrogen (secondary N) is 1. The van der Waals surface area contributed by atoms with Gasteiger partial charge in [-0.15, -0.1) is 0 Å². The van der Waals surface area contributed by atoms with Crippen molar-refractivity contribution in [2.24, 2.45) is 0 Å². The lowest BCUT2D eigenvalue weighted by Crippen LogP contribution is -2.38. The fraction of sp³-hybridized carbons (Fsp3) is 0.440. The minimum Gasteiger partial charge on any atom is -0.493 e. The molecule has 0 bridgehead atoms. The van der Waals surface area contributed by atoms with Gasteiger partial charge in [-0.3, -0.25) is 9.78 Å². The molecule has 0 aliphatic carbocycles. The van der Waals surface area contributed by atoms with E-state index in [-0.39, 0.29) is 35.1 Å². The molecule has 0 atom stereocenters. The summed E-state index contributed by atoms with van der Waals surface area (Å²) in [6.45, 7) is 1.31. The quantitative estimate of drug-likeness (QED) is 0.364. The molecule has 0 saturated carbocycles. The van der Waals surface area contributed by atoms with Crippen LogP contribution in [-0.2, 0) is 31.4 Å². The van der Waals surface area contributed by atoms with Crippen molar-refractivity contribution in [2.45, 2.75) is 25.6 Å². The molecular formula is C25H32N4O9S2. The Kier molecular flexibility index (Phi) is 8.46. The molecule has 4 rings (SSSR count). The number of rotatable bonds is 10. The average Bonchev–Trinajstić information content (AvgIpc) is 2.89. The van der Waals surface area contributed by atoms with E-state index in [1.165, 1.54) is 33.5 Å². The molecule has 218 valence electrons. The van der Waals surface area contributed by atoms with E-state index in [0.29, 0.717) is 58.2 Å². The lowest BCUT2D eigenvalue weighted by molar-refractivity contribution is 0.0250. The summed E-state index contributed by atoms with van der Waals surface area (Å²) in [5.41, 5.74) is 0.700. The first kappa shape index (κ1) is 29.4. The first-order valence-corrected chi connectivity index (χ1v) is 16.0. The van der Waals surface area contributed by atoms with Crippen LogP contribution in [0.4, 0.5) is 11.6 Å². The van der Waals surface area contributed by atoms with Crippen LogP contribution >= 0.6 is 0 Å². The van der Waals surface area contributed by atoms with Crippen molar-refractivity contribution in [3.8, 4) is 17.2 Å². The van der Waals surface area contributed by atoms with Crippen LogP contribution in [0.2, 0.25) is 0 Å². The minimum absolute atomic E-state index is 0.0260. The van der Waals surface area contributed by atoms with Crippen LogP contribution in [0.25, 0.3) is 10.9 Å². The molecule has 2 heterocycles. The minimum atomic E-state index is -4.04. The fourth-order valence-corrected chi connectivity index (χ4v) is 7.70. The van der Waals surface area contributed by atoms with Crippen molar-refractivity contribution in [3.05, 3.63) is 46.2 Å². The second-order valence-corrected chi connectivity index (χ2v) is 13.2. The Bertz CT molecular complexity index is 1630. The Labute approximate surface area is 232 Å². The Hall–Kier alpha value is -3.56. The van der Waals surface area contributed by atoms with Crippen molar-refractivity contribution >= 4 is 42.6 Å². The number of piperidine rings is 1. The van der Waals surface area contributed by atoms with Gasteiger partial charge in [-0.1, -0.05) is 12.1 Å². The molecule has 0 spiro atoms. The maximum atomic E-state index is 13.0. The van der Waals surface area contributed by atoms with Crippen LogP contribution in [0.5, 0.6) is 17.2 Å². The van der Waals surface area contributed by atoms with Gasteiger partial charge in [0, 0.05) is 19.2 Å². The molecule has 0 amide bonds. The number of nitrogens with zero attached hydrogens (tertiary/aromatic N) is 3. The van der Waals surface area contributed by atoms with E-state index in [4.69, 9.17) is 18.9 Å². The summed E-state index contributed by atoms with van der Waals surface area (Å²) in [5, 5.41) is 0.259. The summed E-state index contributed by atoms with van der Waals surface area (Å²) in [4.78, 5) is 22.5. The number of methoxy groups -OCH3 is 3. The number of hydrogen-bond acceptors (Lipinski definition) is 11. The molecule has 1 aliphatic rings. The maximum Gasteiger partial charge on any atom is 0.264 e. The van der Waals surface area contributed by atoms with E-state index < -0.39 is 20.0 Å². The van der Waals surface area contributed by atoms with Crippen LogP contribution in [0.1, 0.15) is 18.4 Å². The Morgan fingerprint density at radius 2 is 1.62 bits per heavy atom. The summed E-state index contributed by atoms with van der Waals surface area (Å²) in [5.74, 6) is 1.36. The number of ether oxygens (including phenoxy) is 4. The van der Waals surface area contributed by atoms with Crippen LogP contribution in [0.15, 0.2) is 35.1 Å². The predicted molar refractivity (Wildman–Crippen MR) is 151 cm³/mol. The van der Waals surface area contributed by atoms with Crippen LogP contribution < -0.4 is 28.4 Å². The van der Waals surface area contributed by atoms with Crippen molar-refractivity contribution in [3.63, 3.8) is 0 Å². The molecule has 40 heavy (non-hydrogen) atoms. The number of benzene rings is 2. The number of H-pyrrole nitrogens is 1. The molecule has 1 fully saturated rings. The Morgan fingerprint density at radius 1 is 0.975 bits per heavy atom. The van der Waals surface area contributed by atoms with E-state index in [1.807, 2.05) is 4.90 Å². The third kappa shape index (κ3) is 6.10. The highest BCUT2D eigenvalue weighted by molar-refractivity contribution is 8.09. The molecule has 3 aromatic rings. The zero-order valence-electron chi connectivity index (χ0n) is 22.8. The molecule has 15 heteroatoms. The van der Waals surface area contributed by atoms with E-state index in [1.54, 1.807) is 18.2 Å². The Morgan fingerprint density at radius 3 is 2.20 bits per heavy atom. The molecule has 1 saturated heterocycles. The van der Waals surface area contributed by atoms with Crippen LogP contribution in [0.3, 0.4) is 0 Å². The van der Waals surface area contributed by atoms with Gasteiger partial charge in [0.05, 0.1) is 57.8 Å². The molecule has 0 radical (unpaired) electrons. The predicted octanol–water partition coefficient (Wildman–Crippen LogP) is 1.86. The summed E-state index contributed by atoms with van der Waals surface area (Å²) in [6, 6.07) is 7.86. The number of anilines is 2. The lowest BCUT2D eigenvalue weighted by Gasteiger charge is -2.32. The molecular weight excluding hydrogens is 564 g/mol. The summed E-state index contributed by atoms with van der Waals surface area (Å²) >= 11 is 0. The third-order valence-corrected chi connectivity index (χ3v) is 9.69. The van der Waals surface area contributed by atoms with Crippen molar-refractivity contribution in [2.75, 3.05) is 55.5 Å². The van der Waals surface area contributed by atoms with Gasteiger partial charge in [0.15, 0.2) is 11.5 Å². The van der Waals surface area contributed by atoms with Gasteiger partial charge in [-0.05, 0) is 30.5 Å². The van der Waals surface area contributed by atoms with E-state index >= 15 is 0 Å².